The van der Waals surface area contributed by atoms with Crippen LogP contribution in [-0.4, -0.2) is 30.6 Å². The Labute approximate surface area is 175 Å². The van der Waals surface area contributed by atoms with Gasteiger partial charge in [-0.1, -0.05) is 37.5 Å². The number of nitrogens with one attached hydrogen (secondary N) is 1. The molecule has 7 nitrogen and oxygen atoms in total. The molecule has 156 valence electrons. The van der Waals surface area contributed by atoms with Crippen LogP contribution >= 0.6 is 0 Å². The number of rotatable bonds is 3. The molecule has 0 bridgehead atoms. The maximum absolute atomic E-state index is 13.3. The van der Waals surface area contributed by atoms with Gasteiger partial charge in [-0.3, -0.25) is 9.59 Å². The first-order valence-corrected chi connectivity index (χ1v) is 10.2. The van der Waals surface area contributed by atoms with Gasteiger partial charge in [-0.05, 0) is 49.6 Å². The molecule has 0 saturated heterocycles. The van der Waals surface area contributed by atoms with E-state index in [1.54, 1.807) is 42.5 Å². The van der Waals surface area contributed by atoms with Crippen molar-refractivity contribution in [1.82, 2.24) is 5.32 Å². The summed E-state index contributed by atoms with van der Waals surface area (Å²) in [6.07, 6.45) is 4.60. The van der Waals surface area contributed by atoms with Gasteiger partial charge in [-0.15, -0.1) is 0 Å². The summed E-state index contributed by atoms with van der Waals surface area (Å²) in [5, 5.41) is 2.87. The molecule has 0 aromatic heterocycles. The number of para-hydroxylation sites is 1. The number of carbonyl (C=O) groups excluding carboxylic acids is 3. The minimum Gasteiger partial charge on any atom is -0.482 e. The zero-order valence-electron chi connectivity index (χ0n) is 16.8. The van der Waals surface area contributed by atoms with Gasteiger partial charge in [-0.2, -0.15) is 0 Å². The number of hydrogen-bond acceptors (Lipinski definition) is 5. The number of aryl methyl sites for hydroxylation is 1. The normalized spacial score (nSPS) is 16.4. The monoisotopic (exact) mass is 408 g/mol. The van der Waals surface area contributed by atoms with Crippen LogP contribution < -0.4 is 19.7 Å². The molecule has 0 radical (unpaired) electrons. The largest absolute Gasteiger partial charge is 0.482 e. The highest BCUT2D eigenvalue weighted by Gasteiger charge is 2.33. The molecule has 1 heterocycles. The minimum atomic E-state index is -0.591. The van der Waals surface area contributed by atoms with Crippen molar-refractivity contribution in [2.75, 3.05) is 11.5 Å². The third-order valence-corrected chi connectivity index (χ3v) is 5.41. The summed E-state index contributed by atoms with van der Waals surface area (Å²) in [7, 11) is 0. The lowest BCUT2D eigenvalue weighted by molar-refractivity contribution is -0.120. The van der Waals surface area contributed by atoms with Crippen LogP contribution in [0, 0.1) is 6.92 Å². The van der Waals surface area contributed by atoms with Gasteiger partial charge in [0, 0.05) is 6.04 Å². The van der Waals surface area contributed by atoms with E-state index in [4.69, 9.17) is 9.47 Å². The fourth-order valence-corrected chi connectivity index (χ4v) is 3.88. The minimum absolute atomic E-state index is 0.0880. The summed E-state index contributed by atoms with van der Waals surface area (Å²) in [5.74, 6) is -0.451. The number of amides is 3. The first kappa shape index (κ1) is 19.9. The molecule has 3 amide bonds. The maximum atomic E-state index is 13.3. The summed E-state index contributed by atoms with van der Waals surface area (Å²) in [6.45, 7) is 1.67. The smallest absolute Gasteiger partial charge is 0.412 e. The first-order chi connectivity index (χ1) is 14.5. The Morgan fingerprint density at radius 3 is 2.67 bits per heavy atom. The van der Waals surface area contributed by atoms with Crippen molar-refractivity contribution in [3.8, 4) is 11.5 Å². The van der Waals surface area contributed by atoms with Crippen molar-refractivity contribution in [3.05, 3.63) is 53.6 Å². The topological polar surface area (TPSA) is 84.9 Å². The zero-order chi connectivity index (χ0) is 21.1. The molecule has 1 aliphatic carbocycles. The molecule has 4 rings (SSSR count). The predicted molar refractivity (Wildman–Crippen MR) is 111 cm³/mol. The lowest BCUT2D eigenvalue weighted by atomic mass is 9.96. The Morgan fingerprint density at radius 2 is 1.87 bits per heavy atom. The SMILES string of the molecule is Cc1ccc2c(c1)OCC(=O)N2C(=O)c1ccccc1OC(=O)NC1CCCCC1. The summed E-state index contributed by atoms with van der Waals surface area (Å²) in [5.41, 5.74) is 1.47. The molecule has 0 unspecified atom stereocenters. The fraction of sp³-hybridized carbons (Fsp3) is 0.348. The van der Waals surface area contributed by atoms with E-state index >= 15 is 0 Å². The Morgan fingerprint density at radius 1 is 1.10 bits per heavy atom. The third-order valence-electron chi connectivity index (χ3n) is 5.41. The van der Waals surface area contributed by atoms with Crippen molar-refractivity contribution in [2.24, 2.45) is 0 Å². The van der Waals surface area contributed by atoms with E-state index < -0.39 is 17.9 Å². The van der Waals surface area contributed by atoms with Crippen LogP contribution in [0.1, 0.15) is 48.0 Å². The van der Waals surface area contributed by atoms with Gasteiger partial charge in [-0.25, -0.2) is 9.69 Å². The Hall–Kier alpha value is -3.35. The van der Waals surface area contributed by atoms with Crippen molar-refractivity contribution < 1.29 is 23.9 Å². The van der Waals surface area contributed by atoms with Gasteiger partial charge in [0.2, 0.25) is 0 Å². The van der Waals surface area contributed by atoms with Gasteiger partial charge in [0.25, 0.3) is 11.8 Å². The third kappa shape index (κ3) is 4.15. The van der Waals surface area contributed by atoms with Crippen LogP contribution in [0.5, 0.6) is 11.5 Å². The van der Waals surface area contributed by atoms with Crippen LogP contribution in [0.3, 0.4) is 0 Å². The fourth-order valence-electron chi connectivity index (χ4n) is 3.88. The van der Waals surface area contributed by atoms with Gasteiger partial charge < -0.3 is 14.8 Å². The second-order valence-electron chi connectivity index (χ2n) is 7.66. The molecular weight excluding hydrogens is 384 g/mol. The standard InChI is InChI=1S/C23H24N2O5/c1-15-11-12-18-20(13-15)29-14-21(26)25(18)22(27)17-9-5-6-10-19(17)30-23(28)24-16-7-3-2-4-8-16/h5-6,9-13,16H,2-4,7-8,14H2,1H3,(H,24,28). The van der Waals surface area contributed by atoms with E-state index in [1.165, 1.54) is 6.42 Å². The van der Waals surface area contributed by atoms with E-state index in [9.17, 15) is 14.4 Å². The molecule has 1 saturated carbocycles. The number of hydrogen-bond donors (Lipinski definition) is 1. The molecule has 7 heteroatoms. The number of fused-ring (bicyclic) bond motifs is 1. The van der Waals surface area contributed by atoms with E-state index in [2.05, 4.69) is 5.32 Å². The summed E-state index contributed by atoms with van der Waals surface area (Å²) >= 11 is 0. The van der Waals surface area contributed by atoms with Crippen molar-refractivity contribution in [3.63, 3.8) is 0 Å². The molecule has 0 spiro atoms. The average molecular weight is 408 g/mol. The molecule has 1 fully saturated rings. The van der Waals surface area contributed by atoms with Crippen LogP contribution in [-0.2, 0) is 4.79 Å². The molecule has 30 heavy (non-hydrogen) atoms. The molecule has 0 atom stereocenters. The van der Waals surface area contributed by atoms with Crippen LogP contribution in [0.4, 0.5) is 10.5 Å². The first-order valence-electron chi connectivity index (χ1n) is 10.2. The molecule has 1 aliphatic heterocycles. The van der Waals surface area contributed by atoms with Crippen molar-refractivity contribution >= 4 is 23.6 Å². The Kier molecular flexibility index (Phi) is 5.70. The quantitative estimate of drug-likeness (QED) is 0.777. The Balaban J connectivity index is 1.57. The van der Waals surface area contributed by atoms with Gasteiger partial charge in [0.05, 0.1) is 11.3 Å². The predicted octanol–water partition coefficient (Wildman–Crippen LogP) is 3.98. The van der Waals surface area contributed by atoms with Crippen LogP contribution in [0.15, 0.2) is 42.5 Å². The Bertz CT molecular complexity index is 981. The second kappa shape index (κ2) is 8.57. The van der Waals surface area contributed by atoms with Crippen molar-refractivity contribution in [2.45, 2.75) is 45.1 Å². The zero-order valence-corrected chi connectivity index (χ0v) is 16.8. The molecule has 2 aromatic rings. The average Bonchev–Trinajstić information content (AvgIpc) is 2.74. The number of benzene rings is 2. The lowest BCUT2D eigenvalue weighted by Gasteiger charge is -2.28. The van der Waals surface area contributed by atoms with E-state index in [1.807, 2.05) is 6.92 Å². The number of nitrogens with zero attached hydrogens (tertiary/aromatic N) is 1. The highest BCUT2D eigenvalue weighted by Crippen LogP contribution is 2.35. The highest BCUT2D eigenvalue weighted by atomic mass is 16.6. The number of ether oxygens (including phenoxy) is 2. The maximum Gasteiger partial charge on any atom is 0.412 e. The summed E-state index contributed by atoms with van der Waals surface area (Å²) in [6, 6.07) is 11.8. The molecule has 2 aromatic carbocycles. The number of anilines is 1. The van der Waals surface area contributed by atoms with Gasteiger partial charge in [0.1, 0.15) is 11.5 Å². The van der Waals surface area contributed by atoms with E-state index in [0.29, 0.717) is 11.4 Å². The van der Waals surface area contributed by atoms with Gasteiger partial charge >= 0.3 is 6.09 Å². The highest BCUT2D eigenvalue weighted by molar-refractivity contribution is 6.23. The van der Waals surface area contributed by atoms with Crippen molar-refractivity contribution in [1.29, 1.82) is 0 Å². The molecule has 1 N–H and O–H groups in total. The van der Waals surface area contributed by atoms with E-state index in [-0.39, 0.29) is 24.0 Å². The number of imide groups is 1. The van der Waals surface area contributed by atoms with E-state index in [0.717, 1.165) is 36.1 Å². The summed E-state index contributed by atoms with van der Waals surface area (Å²) < 4.78 is 10.9. The van der Waals surface area contributed by atoms with Gasteiger partial charge in [0.15, 0.2) is 6.61 Å². The van der Waals surface area contributed by atoms with Crippen LogP contribution in [0.2, 0.25) is 0 Å². The van der Waals surface area contributed by atoms with Crippen LogP contribution in [0.25, 0.3) is 0 Å². The number of carbonyl (C=O) groups is 3. The lowest BCUT2D eigenvalue weighted by Crippen LogP contribution is -2.43. The summed E-state index contributed by atoms with van der Waals surface area (Å²) in [4.78, 5) is 39.3. The molecular formula is C23H24N2O5. The second-order valence-corrected chi connectivity index (χ2v) is 7.66. The molecule has 2 aliphatic rings.